The molecule has 0 bridgehead atoms. The minimum Gasteiger partial charge on any atom is -0.486 e. The van der Waals surface area contributed by atoms with E-state index in [0.29, 0.717) is 36.1 Å². The van der Waals surface area contributed by atoms with Crippen LogP contribution < -0.4 is 23.8 Å². The Kier molecular flexibility index (Phi) is 6.26. The van der Waals surface area contributed by atoms with E-state index < -0.39 is 22.0 Å². The lowest BCUT2D eigenvalue weighted by Gasteiger charge is -2.35. The van der Waals surface area contributed by atoms with Crippen LogP contribution in [0.1, 0.15) is 29.7 Å². The number of anilines is 1. The Morgan fingerprint density at radius 1 is 0.917 bits per heavy atom. The number of sulfonamides is 1. The summed E-state index contributed by atoms with van der Waals surface area (Å²) in [5.41, 5.74) is 3.09. The average Bonchev–Trinajstić information content (AvgIpc) is 2.87. The predicted octanol–water partition coefficient (Wildman–Crippen LogP) is 3.91. The lowest BCUT2D eigenvalue weighted by atomic mass is 10.1. The number of hydrogen-bond donors (Lipinski definition) is 1. The van der Waals surface area contributed by atoms with Gasteiger partial charge in [0.25, 0.3) is 15.9 Å². The first-order valence-electron chi connectivity index (χ1n) is 11.8. The van der Waals surface area contributed by atoms with Gasteiger partial charge in [-0.25, -0.2) is 8.42 Å². The zero-order valence-electron chi connectivity index (χ0n) is 20.4. The molecular weight excluding hydrogens is 480 g/mol. The van der Waals surface area contributed by atoms with Gasteiger partial charge < -0.3 is 19.5 Å². The Morgan fingerprint density at radius 2 is 1.58 bits per heavy atom. The molecule has 9 heteroatoms. The van der Waals surface area contributed by atoms with Crippen LogP contribution in [0.4, 0.5) is 5.69 Å². The second-order valence-electron chi connectivity index (χ2n) is 9.06. The summed E-state index contributed by atoms with van der Waals surface area (Å²) in [6.45, 7) is 6.45. The minimum absolute atomic E-state index is 0.146. The average molecular weight is 509 g/mol. The number of carbonyl (C=O) groups excluding carboxylic acids is 1. The highest BCUT2D eigenvalue weighted by molar-refractivity contribution is 7.92. The van der Waals surface area contributed by atoms with Crippen LogP contribution in [-0.4, -0.2) is 40.2 Å². The summed E-state index contributed by atoms with van der Waals surface area (Å²) in [5, 5.41) is 2.95. The zero-order valence-corrected chi connectivity index (χ0v) is 21.2. The third-order valence-electron chi connectivity index (χ3n) is 6.31. The van der Waals surface area contributed by atoms with Gasteiger partial charge in [0.1, 0.15) is 19.0 Å². The first-order chi connectivity index (χ1) is 17.2. The van der Waals surface area contributed by atoms with Gasteiger partial charge in [0.2, 0.25) is 0 Å². The van der Waals surface area contributed by atoms with Gasteiger partial charge >= 0.3 is 0 Å². The van der Waals surface area contributed by atoms with Gasteiger partial charge in [-0.1, -0.05) is 29.8 Å². The lowest BCUT2D eigenvalue weighted by Crippen LogP contribution is -2.51. The monoisotopic (exact) mass is 508 g/mol. The molecule has 2 aliphatic heterocycles. The molecule has 1 amide bonds. The van der Waals surface area contributed by atoms with Gasteiger partial charge in [-0.05, 0) is 68.3 Å². The zero-order chi connectivity index (χ0) is 25.4. The molecule has 36 heavy (non-hydrogen) atoms. The first kappa shape index (κ1) is 24.0. The number of amides is 1. The van der Waals surface area contributed by atoms with Crippen LogP contribution in [0.15, 0.2) is 65.6 Å². The third-order valence-corrected chi connectivity index (χ3v) is 8.10. The number of ether oxygens (including phenoxy) is 3. The Labute approximate surface area is 210 Å². The fraction of sp³-hybridized carbons (Fsp3) is 0.296. The minimum atomic E-state index is -3.92. The second-order valence-corrected chi connectivity index (χ2v) is 10.9. The van der Waals surface area contributed by atoms with Crippen LogP contribution in [0.2, 0.25) is 0 Å². The van der Waals surface area contributed by atoms with Crippen molar-refractivity contribution in [1.29, 1.82) is 0 Å². The van der Waals surface area contributed by atoms with Crippen molar-refractivity contribution in [2.24, 2.45) is 0 Å². The van der Waals surface area contributed by atoms with Gasteiger partial charge in [-0.3, -0.25) is 9.10 Å². The Bertz CT molecular complexity index is 1400. The van der Waals surface area contributed by atoms with Crippen LogP contribution in [0.5, 0.6) is 17.2 Å². The second kappa shape index (κ2) is 9.39. The van der Waals surface area contributed by atoms with Crippen LogP contribution in [0.25, 0.3) is 0 Å². The van der Waals surface area contributed by atoms with Gasteiger partial charge in [0, 0.05) is 0 Å². The molecule has 8 nitrogen and oxygen atoms in total. The smallest absolute Gasteiger partial charge is 0.264 e. The summed E-state index contributed by atoms with van der Waals surface area (Å²) in [7, 11) is -3.92. The standard InChI is InChI=1S/C27H28N2O6S/c1-17-4-8-21(9-5-17)36(31,32)29-16-26(35-23-10-6-18(2)14-22(23)29)27(30)28-19(3)20-7-11-24-25(15-20)34-13-12-33-24/h4-11,14-15,19,26H,12-13,16H2,1-3H3,(H,28,30)/t19-,26-/m0/s1. The highest BCUT2D eigenvalue weighted by Gasteiger charge is 2.38. The predicted molar refractivity (Wildman–Crippen MR) is 135 cm³/mol. The van der Waals surface area contributed by atoms with E-state index in [1.165, 1.54) is 4.31 Å². The summed E-state index contributed by atoms with van der Waals surface area (Å²) < 4.78 is 45.7. The third kappa shape index (κ3) is 4.58. The fourth-order valence-electron chi connectivity index (χ4n) is 4.28. The number of aryl methyl sites for hydroxylation is 2. The SMILES string of the molecule is Cc1ccc(S(=O)(=O)N2C[C@@H](C(=O)N[C@@H](C)c3ccc4c(c3)OCCO4)Oc3ccc(C)cc32)cc1. The Balaban J connectivity index is 1.41. The van der Waals surface area contributed by atoms with E-state index in [1.807, 2.05) is 45.0 Å². The number of benzene rings is 3. The molecule has 5 rings (SSSR count). The normalized spacial score (nSPS) is 17.5. The molecular formula is C27H28N2O6S. The van der Waals surface area contributed by atoms with Crippen molar-refractivity contribution in [3.05, 3.63) is 77.4 Å². The number of hydrogen-bond acceptors (Lipinski definition) is 6. The number of carbonyl (C=O) groups is 1. The molecule has 0 saturated carbocycles. The molecule has 188 valence electrons. The summed E-state index contributed by atoms with van der Waals surface area (Å²) >= 11 is 0. The Hall–Kier alpha value is -3.72. The maximum atomic E-state index is 13.6. The van der Waals surface area contributed by atoms with Crippen molar-refractivity contribution in [3.63, 3.8) is 0 Å². The van der Waals surface area contributed by atoms with Crippen molar-refractivity contribution in [2.45, 2.75) is 37.8 Å². The largest absolute Gasteiger partial charge is 0.486 e. The van der Waals surface area contributed by atoms with E-state index in [4.69, 9.17) is 14.2 Å². The molecule has 0 saturated heterocycles. The molecule has 0 spiro atoms. The molecule has 0 aliphatic carbocycles. The lowest BCUT2D eigenvalue weighted by molar-refractivity contribution is -0.128. The van der Waals surface area contributed by atoms with Gasteiger partial charge in [0.15, 0.2) is 17.6 Å². The molecule has 2 heterocycles. The number of nitrogens with one attached hydrogen (secondary N) is 1. The number of fused-ring (bicyclic) bond motifs is 2. The molecule has 0 fully saturated rings. The summed E-state index contributed by atoms with van der Waals surface area (Å²) in [6.07, 6.45) is -1.03. The Morgan fingerprint density at radius 3 is 2.33 bits per heavy atom. The van der Waals surface area contributed by atoms with Crippen molar-refractivity contribution in [3.8, 4) is 17.2 Å². The number of rotatable bonds is 5. The molecule has 0 radical (unpaired) electrons. The molecule has 0 aromatic heterocycles. The van der Waals surface area contributed by atoms with Crippen molar-refractivity contribution in [2.75, 3.05) is 24.1 Å². The van der Waals surface area contributed by atoms with E-state index in [1.54, 1.807) is 36.4 Å². The molecule has 3 aromatic carbocycles. The van der Waals surface area contributed by atoms with Crippen LogP contribution in [-0.2, 0) is 14.8 Å². The molecule has 2 aliphatic rings. The quantitative estimate of drug-likeness (QED) is 0.562. The van der Waals surface area contributed by atoms with Crippen molar-refractivity contribution in [1.82, 2.24) is 5.32 Å². The van der Waals surface area contributed by atoms with Crippen LogP contribution in [0.3, 0.4) is 0 Å². The molecule has 0 unspecified atom stereocenters. The van der Waals surface area contributed by atoms with Gasteiger partial charge in [0.05, 0.1) is 23.2 Å². The summed E-state index contributed by atoms with van der Waals surface area (Å²) in [4.78, 5) is 13.4. The van der Waals surface area contributed by atoms with Gasteiger partial charge in [-0.2, -0.15) is 0 Å². The van der Waals surface area contributed by atoms with Crippen molar-refractivity contribution >= 4 is 21.6 Å². The van der Waals surface area contributed by atoms with E-state index in [2.05, 4.69) is 5.32 Å². The summed E-state index contributed by atoms with van der Waals surface area (Å²) in [6, 6.07) is 17.1. The first-order valence-corrected chi connectivity index (χ1v) is 13.2. The highest BCUT2D eigenvalue weighted by atomic mass is 32.2. The number of nitrogens with zero attached hydrogens (tertiary/aromatic N) is 1. The topological polar surface area (TPSA) is 94.2 Å². The van der Waals surface area contributed by atoms with E-state index in [0.717, 1.165) is 16.7 Å². The van der Waals surface area contributed by atoms with Crippen LogP contribution >= 0.6 is 0 Å². The highest BCUT2D eigenvalue weighted by Crippen LogP contribution is 2.38. The molecule has 2 atom stereocenters. The van der Waals surface area contributed by atoms with E-state index in [-0.39, 0.29) is 17.5 Å². The van der Waals surface area contributed by atoms with E-state index >= 15 is 0 Å². The fourth-order valence-corrected chi connectivity index (χ4v) is 5.75. The molecule has 1 N–H and O–H groups in total. The summed E-state index contributed by atoms with van der Waals surface area (Å²) in [5.74, 6) is 1.24. The van der Waals surface area contributed by atoms with Crippen LogP contribution in [0, 0.1) is 13.8 Å². The molecule has 3 aromatic rings. The maximum Gasteiger partial charge on any atom is 0.264 e. The maximum absolute atomic E-state index is 13.6. The van der Waals surface area contributed by atoms with Gasteiger partial charge in [-0.15, -0.1) is 0 Å². The van der Waals surface area contributed by atoms with Crippen molar-refractivity contribution < 1.29 is 27.4 Å². The van der Waals surface area contributed by atoms with E-state index in [9.17, 15) is 13.2 Å².